The molecule has 1 amide bonds. The summed E-state index contributed by atoms with van der Waals surface area (Å²) in [5, 5.41) is 9.40. The maximum atomic E-state index is 11.5. The Morgan fingerprint density at radius 1 is 1.41 bits per heavy atom. The van der Waals surface area contributed by atoms with Gasteiger partial charge in [0.05, 0.1) is 12.5 Å². The smallest absolute Gasteiger partial charge is 0.225 e. The van der Waals surface area contributed by atoms with Crippen LogP contribution in [0.3, 0.4) is 0 Å². The van der Waals surface area contributed by atoms with Crippen LogP contribution in [0, 0.1) is 13.8 Å². The van der Waals surface area contributed by atoms with Crippen LogP contribution in [0.5, 0.6) is 0 Å². The minimum atomic E-state index is -0.471. The number of aryl methyl sites for hydroxylation is 2. The molecule has 0 bridgehead atoms. The van der Waals surface area contributed by atoms with Gasteiger partial charge in [-0.2, -0.15) is 0 Å². The summed E-state index contributed by atoms with van der Waals surface area (Å²) < 4.78 is 0. The van der Waals surface area contributed by atoms with E-state index >= 15 is 0 Å². The highest BCUT2D eigenvalue weighted by atomic mass is 16.3. The molecule has 1 unspecified atom stereocenters. The summed E-state index contributed by atoms with van der Waals surface area (Å²) in [6.45, 7) is 5.38. The molecular weight excluding hydrogens is 214 g/mol. The number of carbonyl (C=O) groups is 1. The van der Waals surface area contributed by atoms with E-state index in [1.807, 2.05) is 0 Å². The van der Waals surface area contributed by atoms with Crippen molar-refractivity contribution in [1.82, 2.24) is 4.90 Å². The van der Waals surface area contributed by atoms with Crippen molar-refractivity contribution in [1.29, 1.82) is 0 Å². The van der Waals surface area contributed by atoms with Gasteiger partial charge in [-0.3, -0.25) is 4.79 Å². The molecule has 2 rings (SSSR count). The van der Waals surface area contributed by atoms with Crippen LogP contribution < -0.4 is 0 Å². The van der Waals surface area contributed by atoms with Crippen LogP contribution in [0.15, 0.2) is 18.2 Å². The van der Waals surface area contributed by atoms with E-state index in [0.29, 0.717) is 13.1 Å². The van der Waals surface area contributed by atoms with Gasteiger partial charge in [-0.25, -0.2) is 0 Å². The van der Waals surface area contributed by atoms with E-state index in [-0.39, 0.29) is 12.3 Å². The normalized spacial score (nSPS) is 20.1. The molecule has 3 nitrogen and oxygen atoms in total. The lowest BCUT2D eigenvalue weighted by molar-refractivity contribution is -0.127. The van der Waals surface area contributed by atoms with Crippen LogP contribution in [0.25, 0.3) is 0 Å². The van der Waals surface area contributed by atoms with Crippen molar-refractivity contribution in [3.05, 3.63) is 34.9 Å². The van der Waals surface area contributed by atoms with E-state index in [1.165, 1.54) is 16.7 Å². The number of benzene rings is 1. The van der Waals surface area contributed by atoms with Crippen LogP contribution in [-0.4, -0.2) is 35.1 Å². The van der Waals surface area contributed by atoms with E-state index in [4.69, 9.17) is 0 Å². The van der Waals surface area contributed by atoms with E-state index < -0.39 is 6.10 Å². The number of hydrogen-bond acceptors (Lipinski definition) is 2. The second kappa shape index (κ2) is 4.88. The Morgan fingerprint density at radius 3 is 2.76 bits per heavy atom. The molecule has 1 aromatic rings. The first-order chi connectivity index (χ1) is 8.06. The van der Waals surface area contributed by atoms with Crippen LogP contribution in [0.2, 0.25) is 0 Å². The lowest BCUT2D eigenvalue weighted by atomic mass is 10.0. The van der Waals surface area contributed by atoms with Crippen molar-refractivity contribution in [3.63, 3.8) is 0 Å². The number of aliphatic hydroxyl groups is 1. The van der Waals surface area contributed by atoms with Crippen molar-refractivity contribution in [3.8, 4) is 0 Å². The molecule has 1 atom stereocenters. The largest absolute Gasteiger partial charge is 0.391 e. The first-order valence-corrected chi connectivity index (χ1v) is 6.08. The zero-order valence-corrected chi connectivity index (χ0v) is 10.4. The molecule has 3 heteroatoms. The molecule has 1 aliphatic rings. The first-order valence-electron chi connectivity index (χ1n) is 6.08. The fraction of sp³-hybridized carbons (Fsp3) is 0.500. The number of carbonyl (C=O) groups excluding carboxylic acids is 1. The summed E-state index contributed by atoms with van der Waals surface area (Å²) in [5.74, 6) is 0.0715. The quantitative estimate of drug-likeness (QED) is 0.858. The summed E-state index contributed by atoms with van der Waals surface area (Å²) in [5.41, 5.74) is 3.82. The fourth-order valence-electron chi connectivity index (χ4n) is 2.35. The molecule has 1 heterocycles. The van der Waals surface area contributed by atoms with Gasteiger partial charge >= 0.3 is 0 Å². The molecule has 1 saturated heterocycles. The number of β-amino-alcohol motifs (C(OH)–C–C–N with tert-alkyl or cyclic N) is 1. The monoisotopic (exact) mass is 233 g/mol. The van der Waals surface area contributed by atoms with Crippen LogP contribution in [0.4, 0.5) is 0 Å². The predicted octanol–water partition coefficient (Wildman–Crippen LogP) is 1.44. The summed E-state index contributed by atoms with van der Waals surface area (Å²) in [7, 11) is 0. The molecule has 0 aliphatic carbocycles. The Bertz CT molecular complexity index is 428. The maximum Gasteiger partial charge on any atom is 0.225 e. The third-order valence-electron chi connectivity index (χ3n) is 3.34. The van der Waals surface area contributed by atoms with Gasteiger partial charge in [0, 0.05) is 13.1 Å². The number of nitrogens with zero attached hydrogens (tertiary/aromatic N) is 1. The molecular formula is C14H19NO2. The number of rotatable bonds is 3. The zero-order chi connectivity index (χ0) is 12.4. The zero-order valence-electron chi connectivity index (χ0n) is 10.4. The summed E-state index contributed by atoms with van der Waals surface area (Å²) in [4.78, 5) is 13.3. The first kappa shape index (κ1) is 12.1. The predicted molar refractivity (Wildman–Crippen MR) is 66.8 cm³/mol. The second-order valence-electron chi connectivity index (χ2n) is 4.88. The van der Waals surface area contributed by atoms with E-state index in [1.54, 1.807) is 4.90 Å². The Balaban J connectivity index is 1.96. The molecule has 17 heavy (non-hydrogen) atoms. The van der Waals surface area contributed by atoms with E-state index in [0.717, 1.165) is 6.42 Å². The maximum absolute atomic E-state index is 11.5. The third kappa shape index (κ3) is 2.86. The molecule has 0 saturated carbocycles. The number of hydrogen-bond donors (Lipinski definition) is 1. The highest BCUT2D eigenvalue weighted by Crippen LogP contribution is 2.15. The van der Waals surface area contributed by atoms with E-state index in [9.17, 15) is 9.90 Å². The highest BCUT2D eigenvalue weighted by molar-refractivity contribution is 5.79. The molecule has 0 spiro atoms. The van der Waals surface area contributed by atoms with Crippen molar-refractivity contribution in [2.24, 2.45) is 0 Å². The molecule has 0 radical (unpaired) electrons. The van der Waals surface area contributed by atoms with Crippen molar-refractivity contribution >= 4 is 5.91 Å². The van der Waals surface area contributed by atoms with Crippen LogP contribution in [-0.2, 0) is 11.2 Å². The minimum absolute atomic E-state index is 0.0715. The van der Waals surface area contributed by atoms with E-state index in [2.05, 4.69) is 32.0 Å². The lowest BCUT2D eigenvalue weighted by Gasteiger charge is -2.16. The molecule has 1 fully saturated rings. The van der Waals surface area contributed by atoms with Crippen LogP contribution >= 0.6 is 0 Å². The van der Waals surface area contributed by atoms with Crippen molar-refractivity contribution in [2.45, 2.75) is 32.8 Å². The van der Waals surface area contributed by atoms with Gasteiger partial charge in [-0.15, -0.1) is 0 Å². The van der Waals surface area contributed by atoms with Gasteiger partial charge in [0.2, 0.25) is 5.91 Å². The average Bonchev–Trinajstić information content (AvgIpc) is 2.56. The molecule has 1 N–H and O–H groups in total. The Labute approximate surface area is 102 Å². The van der Waals surface area contributed by atoms with Crippen molar-refractivity contribution < 1.29 is 9.90 Å². The highest BCUT2D eigenvalue weighted by Gasteiger charge is 2.27. The Morgan fingerprint density at radius 2 is 2.18 bits per heavy atom. The number of aliphatic hydroxyl groups excluding tert-OH is 1. The Kier molecular flexibility index (Phi) is 3.48. The lowest BCUT2D eigenvalue weighted by Crippen LogP contribution is -2.28. The van der Waals surface area contributed by atoms with Gasteiger partial charge < -0.3 is 10.0 Å². The molecule has 1 aromatic carbocycles. The molecule has 0 aromatic heterocycles. The summed E-state index contributed by atoms with van der Waals surface area (Å²) >= 11 is 0. The number of amides is 1. The van der Waals surface area contributed by atoms with Gasteiger partial charge in [-0.05, 0) is 31.4 Å². The standard InChI is InChI=1S/C14H19NO2/c1-10-3-4-12(11(2)7-10)5-6-15-9-13(16)8-14(15)17/h3-4,7,13,16H,5-6,8-9H2,1-2H3. The van der Waals surface area contributed by atoms with Crippen LogP contribution in [0.1, 0.15) is 23.1 Å². The Hall–Kier alpha value is -1.35. The third-order valence-corrected chi connectivity index (χ3v) is 3.34. The summed E-state index contributed by atoms with van der Waals surface area (Å²) in [6.07, 6.45) is 0.680. The topological polar surface area (TPSA) is 40.5 Å². The SMILES string of the molecule is Cc1ccc(CCN2CC(O)CC2=O)c(C)c1. The van der Waals surface area contributed by atoms with Gasteiger partial charge in [0.1, 0.15) is 0 Å². The minimum Gasteiger partial charge on any atom is -0.391 e. The average molecular weight is 233 g/mol. The van der Waals surface area contributed by atoms with Crippen molar-refractivity contribution in [2.75, 3.05) is 13.1 Å². The van der Waals surface area contributed by atoms with Gasteiger partial charge in [0.25, 0.3) is 0 Å². The second-order valence-corrected chi connectivity index (χ2v) is 4.88. The molecule has 92 valence electrons. The summed E-state index contributed by atoms with van der Waals surface area (Å²) in [6, 6.07) is 6.39. The molecule has 1 aliphatic heterocycles. The fourth-order valence-corrected chi connectivity index (χ4v) is 2.35. The number of likely N-dealkylation sites (tertiary alicyclic amines) is 1. The van der Waals surface area contributed by atoms with Gasteiger partial charge in [-0.1, -0.05) is 23.8 Å². The van der Waals surface area contributed by atoms with Gasteiger partial charge in [0.15, 0.2) is 0 Å².